The van der Waals surface area contributed by atoms with E-state index in [2.05, 4.69) is 5.32 Å². The Labute approximate surface area is 69.0 Å². The second-order valence-electron chi connectivity index (χ2n) is 1.99. The van der Waals surface area contributed by atoms with Crippen molar-refractivity contribution in [1.29, 1.82) is 0 Å². The highest BCUT2D eigenvalue weighted by atomic mass is 32.2. The fourth-order valence-electron chi connectivity index (χ4n) is 0.521. The minimum absolute atomic E-state index is 0.00123. The average molecular weight is 178 g/mol. The Morgan fingerprint density at radius 2 is 2.27 bits per heavy atom. The van der Waals surface area contributed by atoms with E-state index in [-0.39, 0.29) is 12.5 Å². The molecule has 0 aromatic rings. The maximum absolute atomic E-state index is 10.8. The van der Waals surface area contributed by atoms with Gasteiger partial charge >= 0.3 is 0 Å². The lowest BCUT2D eigenvalue weighted by molar-refractivity contribution is -0.119. The fraction of sp³-hybridized carbons (Fsp3) is 0.833. The lowest BCUT2D eigenvalue weighted by Gasteiger charge is -2.01. The highest BCUT2D eigenvalue weighted by molar-refractivity contribution is 7.84. The van der Waals surface area contributed by atoms with Crippen molar-refractivity contribution in [2.75, 3.05) is 24.6 Å². The van der Waals surface area contributed by atoms with Crippen molar-refractivity contribution in [2.24, 2.45) is 5.73 Å². The van der Waals surface area contributed by atoms with Crippen molar-refractivity contribution in [3.05, 3.63) is 0 Å². The quantitative estimate of drug-likeness (QED) is 0.557. The molecular weight excluding hydrogens is 164 g/mol. The molecule has 0 aromatic carbocycles. The molecule has 11 heavy (non-hydrogen) atoms. The summed E-state index contributed by atoms with van der Waals surface area (Å²) in [5.74, 6) is 0.957. The van der Waals surface area contributed by atoms with Crippen LogP contribution in [0, 0.1) is 0 Å². The van der Waals surface area contributed by atoms with Gasteiger partial charge in [0.05, 0.1) is 6.54 Å². The molecule has 3 N–H and O–H groups in total. The first-order chi connectivity index (χ1) is 5.20. The molecule has 0 saturated carbocycles. The second-order valence-corrected chi connectivity index (χ2v) is 3.85. The number of hydrogen-bond acceptors (Lipinski definition) is 3. The van der Waals surface area contributed by atoms with Crippen molar-refractivity contribution >= 4 is 16.7 Å². The molecule has 1 amide bonds. The van der Waals surface area contributed by atoms with Crippen LogP contribution in [0.3, 0.4) is 0 Å². The predicted molar refractivity (Wildman–Crippen MR) is 45.6 cm³/mol. The van der Waals surface area contributed by atoms with E-state index in [9.17, 15) is 9.00 Å². The van der Waals surface area contributed by atoms with Crippen LogP contribution in [0.25, 0.3) is 0 Å². The summed E-state index contributed by atoms with van der Waals surface area (Å²) >= 11 is 0. The topological polar surface area (TPSA) is 72.2 Å². The maximum atomic E-state index is 10.8. The van der Waals surface area contributed by atoms with Gasteiger partial charge in [-0.2, -0.15) is 0 Å². The molecular formula is C6H14N2O2S. The second kappa shape index (κ2) is 6.30. The van der Waals surface area contributed by atoms with Crippen LogP contribution in [-0.4, -0.2) is 34.7 Å². The van der Waals surface area contributed by atoms with Gasteiger partial charge < -0.3 is 11.1 Å². The largest absolute Gasteiger partial charge is 0.354 e. The maximum Gasteiger partial charge on any atom is 0.233 e. The van der Waals surface area contributed by atoms with Gasteiger partial charge in [-0.1, -0.05) is 6.92 Å². The van der Waals surface area contributed by atoms with Gasteiger partial charge in [0.1, 0.15) is 0 Å². The number of carbonyl (C=O) groups excluding carboxylic acids is 1. The van der Waals surface area contributed by atoms with Gasteiger partial charge in [-0.15, -0.1) is 0 Å². The summed E-state index contributed by atoms with van der Waals surface area (Å²) in [5, 5.41) is 2.54. The van der Waals surface area contributed by atoms with Gasteiger partial charge in [0.2, 0.25) is 5.91 Å². The SMILES string of the molecule is CCS(=O)CCNC(=O)CN. The summed E-state index contributed by atoms with van der Waals surface area (Å²) in [7, 11) is -0.801. The molecule has 0 bridgehead atoms. The first kappa shape index (κ1) is 10.6. The summed E-state index contributed by atoms with van der Waals surface area (Å²) < 4.78 is 10.8. The average Bonchev–Trinajstić information content (AvgIpc) is 2.04. The standard InChI is InChI=1S/C6H14N2O2S/c1-2-11(10)4-3-8-6(9)5-7/h2-5,7H2,1H3,(H,8,9). The highest BCUT2D eigenvalue weighted by Gasteiger charge is 1.97. The zero-order valence-electron chi connectivity index (χ0n) is 6.63. The third-order valence-electron chi connectivity index (χ3n) is 1.16. The number of nitrogens with two attached hydrogens (primary N) is 1. The highest BCUT2D eigenvalue weighted by Crippen LogP contribution is 1.78. The molecule has 1 atom stereocenters. The van der Waals surface area contributed by atoms with Crippen molar-refractivity contribution in [1.82, 2.24) is 5.32 Å². The molecule has 0 aliphatic carbocycles. The molecule has 0 radical (unpaired) electrons. The normalized spacial score (nSPS) is 12.5. The van der Waals surface area contributed by atoms with E-state index in [0.29, 0.717) is 18.1 Å². The lowest BCUT2D eigenvalue weighted by Crippen LogP contribution is -2.33. The molecule has 0 aliphatic rings. The first-order valence-corrected chi connectivity index (χ1v) is 5.01. The Morgan fingerprint density at radius 3 is 2.73 bits per heavy atom. The van der Waals surface area contributed by atoms with Crippen molar-refractivity contribution in [3.63, 3.8) is 0 Å². The van der Waals surface area contributed by atoms with Gasteiger partial charge in [0.15, 0.2) is 0 Å². The van der Waals surface area contributed by atoms with Crippen molar-refractivity contribution in [2.45, 2.75) is 6.92 Å². The molecule has 0 heterocycles. The molecule has 0 rings (SSSR count). The summed E-state index contributed by atoms with van der Waals surface area (Å²) in [6.07, 6.45) is 0. The summed E-state index contributed by atoms with van der Waals surface area (Å²) in [6.45, 7) is 2.30. The third-order valence-corrected chi connectivity index (χ3v) is 2.46. The molecule has 0 fully saturated rings. The molecule has 0 aliphatic heterocycles. The molecule has 0 saturated heterocycles. The molecule has 0 aromatic heterocycles. The number of amides is 1. The fourth-order valence-corrected chi connectivity index (χ4v) is 1.14. The molecule has 5 heteroatoms. The Hall–Kier alpha value is -0.420. The van der Waals surface area contributed by atoms with Crippen molar-refractivity contribution in [3.8, 4) is 0 Å². The molecule has 0 spiro atoms. The smallest absolute Gasteiger partial charge is 0.233 e. The van der Waals surface area contributed by atoms with Crippen LogP contribution < -0.4 is 11.1 Å². The van der Waals surface area contributed by atoms with Gasteiger partial charge in [-0.05, 0) is 0 Å². The van der Waals surface area contributed by atoms with Crippen LogP contribution in [0.15, 0.2) is 0 Å². The van der Waals surface area contributed by atoms with Crippen LogP contribution in [0.1, 0.15) is 6.92 Å². The molecule has 4 nitrogen and oxygen atoms in total. The summed E-state index contributed by atoms with van der Waals surface area (Å²) in [6, 6.07) is 0. The summed E-state index contributed by atoms with van der Waals surface area (Å²) in [4.78, 5) is 10.5. The van der Waals surface area contributed by atoms with E-state index >= 15 is 0 Å². The minimum Gasteiger partial charge on any atom is -0.354 e. The van der Waals surface area contributed by atoms with Crippen LogP contribution >= 0.6 is 0 Å². The number of hydrogen-bond donors (Lipinski definition) is 2. The molecule has 1 unspecified atom stereocenters. The van der Waals surface area contributed by atoms with Gasteiger partial charge in [0.25, 0.3) is 0 Å². The first-order valence-electron chi connectivity index (χ1n) is 3.52. The Bertz CT molecular complexity index is 134. The zero-order chi connectivity index (χ0) is 8.69. The summed E-state index contributed by atoms with van der Waals surface area (Å²) in [5.41, 5.74) is 5.03. The van der Waals surface area contributed by atoms with Crippen LogP contribution in [0.2, 0.25) is 0 Å². The van der Waals surface area contributed by atoms with Gasteiger partial charge in [0, 0.05) is 28.9 Å². The van der Waals surface area contributed by atoms with Crippen LogP contribution in [-0.2, 0) is 15.6 Å². The van der Waals surface area contributed by atoms with Crippen LogP contribution in [0.4, 0.5) is 0 Å². The van der Waals surface area contributed by atoms with Crippen LogP contribution in [0.5, 0.6) is 0 Å². The number of nitrogens with one attached hydrogen (secondary N) is 1. The Morgan fingerprint density at radius 1 is 1.64 bits per heavy atom. The van der Waals surface area contributed by atoms with E-state index in [1.165, 1.54) is 0 Å². The van der Waals surface area contributed by atoms with Crippen molar-refractivity contribution < 1.29 is 9.00 Å². The minimum atomic E-state index is -0.801. The van der Waals surface area contributed by atoms with E-state index < -0.39 is 10.8 Å². The van der Waals surface area contributed by atoms with E-state index in [1.807, 2.05) is 6.92 Å². The zero-order valence-corrected chi connectivity index (χ0v) is 7.45. The Balaban J connectivity index is 3.27. The Kier molecular flexibility index (Phi) is 6.06. The number of carbonyl (C=O) groups is 1. The van der Waals surface area contributed by atoms with E-state index in [0.717, 1.165) is 0 Å². The third kappa shape index (κ3) is 6.00. The van der Waals surface area contributed by atoms with E-state index in [1.54, 1.807) is 0 Å². The van der Waals surface area contributed by atoms with E-state index in [4.69, 9.17) is 5.73 Å². The predicted octanol–water partition coefficient (Wildman–Crippen LogP) is -1.17. The lowest BCUT2D eigenvalue weighted by atomic mass is 10.6. The van der Waals surface area contributed by atoms with Gasteiger partial charge in [-0.3, -0.25) is 9.00 Å². The monoisotopic (exact) mass is 178 g/mol. The number of rotatable bonds is 5. The molecule has 66 valence electrons. The van der Waals surface area contributed by atoms with Gasteiger partial charge in [-0.25, -0.2) is 0 Å².